The van der Waals surface area contributed by atoms with Gasteiger partial charge in [0.15, 0.2) is 0 Å². The predicted octanol–water partition coefficient (Wildman–Crippen LogP) is 1.21. The number of hydrogen-bond donors (Lipinski definition) is 4. The van der Waals surface area contributed by atoms with E-state index in [1.54, 1.807) is 0 Å². The number of nitrogens with zero attached hydrogens (tertiary/aromatic N) is 2. The van der Waals surface area contributed by atoms with E-state index in [1.807, 2.05) is 13.8 Å². The lowest BCUT2D eigenvalue weighted by atomic mass is 10.1. The number of hydrazine groups is 1. The monoisotopic (exact) mass is 253 g/mol. The number of nitrogens with one attached hydrogen (secondary N) is 2. The Labute approximate surface area is 108 Å². The van der Waals surface area contributed by atoms with Crippen molar-refractivity contribution in [3.63, 3.8) is 0 Å². The lowest BCUT2D eigenvalue weighted by Crippen LogP contribution is -2.23. The third kappa shape index (κ3) is 3.54. The molecule has 0 saturated heterocycles. The lowest BCUT2D eigenvalue weighted by molar-refractivity contribution is 0.278. The van der Waals surface area contributed by atoms with Crippen LogP contribution in [-0.4, -0.2) is 27.7 Å². The summed E-state index contributed by atoms with van der Waals surface area (Å²) in [4.78, 5) is 8.78. The van der Waals surface area contributed by atoms with Gasteiger partial charge < -0.3 is 15.8 Å². The Morgan fingerprint density at radius 1 is 1.28 bits per heavy atom. The van der Waals surface area contributed by atoms with Gasteiger partial charge in [-0.3, -0.25) is 0 Å². The molecular formula is C12H23N5O. The summed E-state index contributed by atoms with van der Waals surface area (Å²) in [5.41, 5.74) is 3.49. The molecule has 1 aromatic rings. The van der Waals surface area contributed by atoms with Crippen molar-refractivity contribution in [3.05, 3.63) is 11.4 Å². The van der Waals surface area contributed by atoms with Crippen LogP contribution in [0, 0.1) is 6.92 Å². The summed E-state index contributed by atoms with van der Waals surface area (Å²) >= 11 is 0. The summed E-state index contributed by atoms with van der Waals surface area (Å²) in [6, 6.07) is 0.207. The summed E-state index contributed by atoms with van der Waals surface area (Å²) in [5, 5.41) is 12.4. The summed E-state index contributed by atoms with van der Waals surface area (Å²) in [6.45, 7) is 6.16. The Bertz CT molecular complexity index is 383. The average molecular weight is 253 g/mol. The van der Waals surface area contributed by atoms with Crippen LogP contribution >= 0.6 is 0 Å². The standard InChI is InChI=1S/C12H23N5O/c1-4-9(6-7-18)14-11-8(3)12(17-13)16-10(5-2)15-11/h9,18H,4-7,13H2,1-3H3,(H2,14,15,16,17). The molecule has 0 saturated carbocycles. The second-order valence-electron chi connectivity index (χ2n) is 4.22. The van der Waals surface area contributed by atoms with Crippen LogP contribution < -0.4 is 16.6 Å². The van der Waals surface area contributed by atoms with E-state index >= 15 is 0 Å². The second-order valence-corrected chi connectivity index (χ2v) is 4.22. The number of aliphatic hydroxyl groups is 1. The van der Waals surface area contributed by atoms with E-state index in [0.717, 1.165) is 30.0 Å². The first-order valence-corrected chi connectivity index (χ1v) is 6.37. The number of anilines is 2. The van der Waals surface area contributed by atoms with Gasteiger partial charge in [0.05, 0.1) is 0 Å². The maximum absolute atomic E-state index is 9.01. The summed E-state index contributed by atoms with van der Waals surface area (Å²) in [5.74, 6) is 7.63. The fourth-order valence-corrected chi connectivity index (χ4v) is 1.73. The number of aliphatic hydroxyl groups excluding tert-OH is 1. The quantitative estimate of drug-likeness (QED) is 0.431. The molecule has 0 radical (unpaired) electrons. The minimum Gasteiger partial charge on any atom is -0.396 e. The SMILES string of the molecule is CCc1nc(NN)c(C)c(NC(CC)CCO)n1. The van der Waals surface area contributed by atoms with Crippen LogP contribution in [0.5, 0.6) is 0 Å². The Hall–Kier alpha value is -1.40. The fraction of sp³-hybridized carbons (Fsp3) is 0.667. The molecule has 6 heteroatoms. The third-order valence-electron chi connectivity index (χ3n) is 2.96. The molecule has 1 rings (SSSR count). The van der Waals surface area contributed by atoms with Gasteiger partial charge in [0, 0.05) is 24.6 Å². The molecule has 0 aromatic carbocycles. The van der Waals surface area contributed by atoms with Gasteiger partial charge >= 0.3 is 0 Å². The molecule has 5 N–H and O–H groups in total. The highest BCUT2D eigenvalue weighted by Crippen LogP contribution is 2.21. The van der Waals surface area contributed by atoms with Crippen LogP contribution in [0.2, 0.25) is 0 Å². The largest absolute Gasteiger partial charge is 0.396 e. The highest BCUT2D eigenvalue weighted by atomic mass is 16.3. The number of aryl methyl sites for hydroxylation is 1. The van der Waals surface area contributed by atoms with Crippen molar-refractivity contribution in [2.24, 2.45) is 5.84 Å². The van der Waals surface area contributed by atoms with Crippen LogP contribution in [0.25, 0.3) is 0 Å². The van der Waals surface area contributed by atoms with Crippen LogP contribution in [0.15, 0.2) is 0 Å². The first-order valence-electron chi connectivity index (χ1n) is 6.37. The van der Waals surface area contributed by atoms with Crippen LogP contribution in [0.3, 0.4) is 0 Å². The summed E-state index contributed by atoms with van der Waals surface area (Å²) in [7, 11) is 0. The first kappa shape index (κ1) is 14.7. The van der Waals surface area contributed by atoms with Gasteiger partial charge in [-0.25, -0.2) is 15.8 Å². The molecule has 0 bridgehead atoms. The fourth-order valence-electron chi connectivity index (χ4n) is 1.73. The molecule has 0 aliphatic carbocycles. The molecule has 0 amide bonds. The zero-order valence-corrected chi connectivity index (χ0v) is 11.3. The molecule has 0 aliphatic rings. The van der Waals surface area contributed by atoms with E-state index in [0.29, 0.717) is 12.2 Å². The highest BCUT2D eigenvalue weighted by Gasteiger charge is 2.13. The molecule has 0 aliphatic heterocycles. The lowest BCUT2D eigenvalue weighted by Gasteiger charge is -2.19. The molecule has 1 aromatic heterocycles. The second kappa shape index (κ2) is 7.13. The molecule has 102 valence electrons. The van der Waals surface area contributed by atoms with E-state index in [1.165, 1.54) is 0 Å². The number of rotatable bonds is 7. The summed E-state index contributed by atoms with van der Waals surface area (Å²) in [6.07, 6.45) is 2.38. The Balaban J connectivity index is 2.98. The average Bonchev–Trinajstić information content (AvgIpc) is 2.40. The van der Waals surface area contributed by atoms with E-state index in [-0.39, 0.29) is 12.6 Å². The van der Waals surface area contributed by atoms with Crippen molar-refractivity contribution >= 4 is 11.6 Å². The molecule has 1 heterocycles. The van der Waals surface area contributed by atoms with Gasteiger partial charge in [0.2, 0.25) is 0 Å². The normalized spacial score (nSPS) is 12.3. The van der Waals surface area contributed by atoms with E-state index in [4.69, 9.17) is 10.9 Å². The smallest absolute Gasteiger partial charge is 0.148 e. The molecule has 6 nitrogen and oxygen atoms in total. The van der Waals surface area contributed by atoms with Gasteiger partial charge in [-0.15, -0.1) is 0 Å². The Kier molecular flexibility index (Phi) is 5.80. The molecule has 0 spiro atoms. The third-order valence-corrected chi connectivity index (χ3v) is 2.96. The van der Waals surface area contributed by atoms with E-state index < -0.39 is 0 Å². The van der Waals surface area contributed by atoms with E-state index in [9.17, 15) is 0 Å². The zero-order valence-electron chi connectivity index (χ0n) is 11.3. The molecule has 18 heavy (non-hydrogen) atoms. The van der Waals surface area contributed by atoms with Crippen LogP contribution in [-0.2, 0) is 6.42 Å². The highest BCUT2D eigenvalue weighted by molar-refractivity contribution is 5.57. The van der Waals surface area contributed by atoms with Crippen LogP contribution in [0.4, 0.5) is 11.6 Å². The van der Waals surface area contributed by atoms with Crippen molar-refractivity contribution in [1.82, 2.24) is 9.97 Å². The van der Waals surface area contributed by atoms with Crippen molar-refractivity contribution < 1.29 is 5.11 Å². The van der Waals surface area contributed by atoms with Crippen molar-refractivity contribution in [2.75, 3.05) is 17.3 Å². The number of hydrogen-bond acceptors (Lipinski definition) is 6. The zero-order chi connectivity index (χ0) is 13.5. The maximum atomic E-state index is 9.01. The van der Waals surface area contributed by atoms with Gasteiger partial charge in [-0.1, -0.05) is 13.8 Å². The minimum atomic E-state index is 0.165. The number of nitrogen functional groups attached to an aromatic ring is 1. The minimum absolute atomic E-state index is 0.165. The van der Waals surface area contributed by atoms with Crippen LogP contribution in [0.1, 0.15) is 38.1 Å². The van der Waals surface area contributed by atoms with Crippen molar-refractivity contribution in [1.29, 1.82) is 0 Å². The summed E-state index contributed by atoms with van der Waals surface area (Å²) < 4.78 is 0. The molecule has 1 atom stereocenters. The molecular weight excluding hydrogens is 230 g/mol. The molecule has 1 unspecified atom stereocenters. The van der Waals surface area contributed by atoms with Gasteiger partial charge in [-0.05, 0) is 19.8 Å². The Morgan fingerprint density at radius 3 is 2.44 bits per heavy atom. The maximum Gasteiger partial charge on any atom is 0.148 e. The van der Waals surface area contributed by atoms with Gasteiger partial charge in [0.25, 0.3) is 0 Å². The van der Waals surface area contributed by atoms with Gasteiger partial charge in [-0.2, -0.15) is 0 Å². The van der Waals surface area contributed by atoms with Crippen molar-refractivity contribution in [2.45, 2.75) is 46.1 Å². The van der Waals surface area contributed by atoms with Gasteiger partial charge in [0.1, 0.15) is 17.5 Å². The number of nitrogens with two attached hydrogens (primary N) is 1. The Morgan fingerprint density at radius 2 is 1.94 bits per heavy atom. The first-order chi connectivity index (χ1) is 8.65. The predicted molar refractivity (Wildman–Crippen MR) is 73.4 cm³/mol. The van der Waals surface area contributed by atoms with E-state index in [2.05, 4.69) is 27.6 Å². The molecule has 0 fully saturated rings. The van der Waals surface area contributed by atoms with Crippen molar-refractivity contribution in [3.8, 4) is 0 Å². The number of aromatic nitrogens is 2. The topological polar surface area (TPSA) is 96.1 Å².